The molecule has 0 radical (unpaired) electrons. The summed E-state index contributed by atoms with van der Waals surface area (Å²) in [5, 5.41) is 4.11. The van der Waals surface area contributed by atoms with Crippen molar-refractivity contribution in [1.29, 1.82) is 0 Å². The number of hydrogen-bond acceptors (Lipinski definition) is 6. The van der Waals surface area contributed by atoms with E-state index in [1.807, 2.05) is 24.3 Å². The van der Waals surface area contributed by atoms with E-state index >= 15 is 0 Å². The number of fused-ring (bicyclic) bond motifs is 1. The minimum atomic E-state index is -4.69. The van der Waals surface area contributed by atoms with Crippen molar-refractivity contribution in [1.82, 2.24) is 4.98 Å². The van der Waals surface area contributed by atoms with Crippen LogP contribution in [0.25, 0.3) is 26.9 Å². The second-order valence-corrected chi connectivity index (χ2v) is 11.6. The first-order valence-corrected chi connectivity index (χ1v) is 14.3. The molecule has 3 N–H and O–H groups in total. The third-order valence-corrected chi connectivity index (χ3v) is 8.43. The number of nitrogens with zero attached hydrogens (tertiary/aromatic N) is 1. The number of hydrogen-bond donors (Lipinski definition) is 2. The van der Waals surface area contributed by atoms with Crippen LogP contribution < -0.4 is 11.1 Å². The summed E-state index contributed by atoms with van der Waals surface area (Å²) in [4.78, 5) is 30.6. The first kappa shape index (κ1) is 28.3. The summed E-state index contributed by atoms with van der Waals surface area (Å²) < 4.78 is 41.9. The number of carbonyl (C=O) groups is 2. The summed E-state index contributed by atoms with van der Waals surface area (Å²) in [6, 6.07) is 18.5. The van der Waals surface area contributed by atoms with Gasteiger partial charge in [0.1, 0.15) is 9.71 Å². The summed E-state index contributed by atoms with van der Waals surface area (Å²) in [5.74, 6) is -0.459. The molecule has 0 aliphatic heterocycles. The molecule has 0 atom stereocenters. The minimum Gasteiger partial charge on any atom is -0.397 e. The van der Waals surface area contributed by atoms with Crippen molar-refractivity contribution in [3.05, 3.63) is 105 Å². The van der Waals surface area contributed by atoms with Gasteiger partial charge < -0.3 is 11.1 Å². The van der Waals surface area contributed by atoms with E-state index in [2.05, 4.69) is 24.1 Å². The van der Waals surface area contributed by atoms with Gasteiger partial charge in [0, 0.05) is 16.6 Å². The van der Waals surface area contributed by atoms with Crippen molar-refractivity contribution in [3.63, 3.8) is 0 Å². The highest BCUT2D eigenvalue weighted by Crippen LogP contribution is 2.44. The third-order valence-electron chi connectivity index (χ3n) is 6.44. The third kappa shape index (κ3) is 6.08. The van der Waals surface area contributed by atoms with Gasteiger partial charge in [-0.15, -0.1) is 22.7 Å². The molecule has 0 fully saturated rings. The van der Waals surface area contributed by atoms with Gasteiger partial charge in [-0.3, -0.25) is 9.59 Å². The van der Waals surface area contributed by atoms with Crippen LogP contribution in [0.15, 0.2) is 78.2 Å². The number of ketones is 1. The van der Waals surface area contributed by atoms with Crippen molar-refractivity contribution >= 4 is 62.0 Å². The molecule has 5 nitrogen and oxygen atoms in total. The van der Waals surface area contributed by atoms with Gasteiger partial charge in [-0.1, -0.05) is 50.3 Å². The molecule has 0 saturated heterocycles. The second-order valence-electron chi connectivity index (χ2n) is 9.61. The zero-order chi connectivity index (χ0) is 29.3. The molecule has 10 heteroatoms. The molecule has 1 amide bonds. The summed E-state index contributed by atoms with van der Waals surface area (Å²) in [7, 11) is 0. The molecule has 0 unspecified atom stereocenters. The van der Waals surface area contributed by atoms with Gasteiger partial charge in [-0.2, -0.15) is 13.2 Å². The predicted octanol–water partition coefficient (Wildman–Crippen LogP) is 8.90. The monoisotopic (exact) mass is 591 g/mol. The van der Waals surface area contributed by atoms with E-state index in [9.17, 15) is 22.8 Å². The fourth-order valence-corrected chi connectivity index (χ4v) is 5.93. The molecular weight excluding hydrogens is 567 g/mol. The molecule has 2 aromatic carbocycles. The molecule has 3 heterocycles. The standard InChI is InChI=1S/C31H24F3N3O2S2/c1-17(2)19-8-5-18(6-9-19)7-14-24(38)20-10-12-21(13-11-20)36-29(39)28-27(35)26-22(31(32,33)34)16-23(37-30(26)41-28)25-4-3-15-40-25/h3-17H,35H2,1-2H3,(H,36,39)/b14-7+. The van der Waals surface area contributed by atoms with E-state index in [1.54, 1.807) is 47.9 Å². The number of pyridine rings is 1. The number of thiophene rings is 2. The molecule has 0 aliphatic rings. The SMILES string of the molecule is CC(C)c1ccc(/C=C/C(=O)c2ccc(NC(=O)c3sc4nc(-c5cccs5)cc(C(F)(F)F)c4c3N)cc2)cc1. The normalized spacial score (nSPS) is 12.0. The maximum absolute atomic E-state index is 14.0. The number of carbonyl (C=O) groups excluding carboxylic acids is 2. The molecule has 0 spiro atoms. The van der Waals surface area contributed by atoms with E-state index in [0.717, 1.165) is 23.0 Å². The zero-order valence-corrected chi connectivity index (χ0v) is 23.6. The van der Waals surface area contributed by atoms with Crippen LogP contribution in [0.2, 0.25) is 0 Å². The summed E-state index contributed by atoms with van der Waals surface area (Å²) in [6.45, 7) is 4.22. The molecule has 0 saturated carbocycles. The van der Waals surface area contributed by atoms with Crippen LogP contribution in [0.4, 0.5) is 24.5 Å². The van der Waals surface area contributed by atoms with E-state index in [1.165, 1.54) is 23.0 Å². The lowest BCUT2D eigenvalue weighted by Crippen LogP contribution is -2.12. The number of amides is 1. The van der Waals surface area contributed by atoms with E-state index < -0.39 is 17.6 Å². The Bertz CT molecular complexity index is 1750. The Morgan fingerprint density at radius 2 is 1.73 bits per heavy atom. The number of halogens is 3. The van der Waals surface area contributed by atoms with Crippen LogP contribution in [0.5, 0.6) is 0 Å². The number of allylic oxidation sites excluding steroid dienone is 1. The molecule has 41 heavy (non-hydrogen) atoms. The molecule has 0 bridgehead atoms. The smallest absolute Gasteiger partial charge is 0.397 e. The lowest BCUT2D eigenvalue weighted by molar-refractivity contribution is -0.136. The Morgan fingerprint density at radius 1 is 1.02 bits per heavy atom. The first-order valence-electron chi connectivity index (χ1n) is 12.6. The number of nitrogens with two attached hydrogens (primary N) is 1. The largest absolute Gasteiger partial charge is 0.417 e. The highest BCUT2D eigenvalue weighted by atomic mass is 32.1. The topological polar surface area (TPSA) is 85.1 Å². The van der Waals surface area contributed by atoms with Crippen molar-refractivity contribution < 1.29 is 22.8 Å². The highest BCUT2D eigenvalue weighted by Gasteiger charge is 2.36. The number of nitrogen functional groups attached to an aromatic ring is 1. The number of benzene rings is 2. The van der Waals surface area contributed by atoms with Crippen LogP contribution in [0.3, 0.4) is 0 Å². The Kier molecular flexibility index (Phi) is 7.79. The Morgan fingerprint density at radius 3 is 2.34 bits per heavy atom. The maximum atomic E-state index is 14.0. The predicted molar refractivity (Wildman–Crippen MR) is 161 cm³/mol. The fraction of sp³-hybridized carbons (Fsp3) is 0.129. The highest BCUT2D eigenvalue weighted by molar-refractivity contribution is 7.21. The van der Waals surface area contributed by atoms with Gasteiger partial charge in [0.2, 0.25) is 0 Å². The quantitative estimate of drug-likeness (QED) is 0.146. The van der Waals surface area contributed by atoms with Crippen molar-refractivity contribution in [3.8, 4) is 10.6 Å². The van der Waals surface area contributed by atoms with Crippen LogP contribution >= 0.6 is 22.7 Å². The zero-order valence-electron chi connectivity index (χ0n) is 22.0. The summed E-state index contributed by atoms with van der Waals surface area (Å²) in [5.41, 5.74) is 7.92. The Balaban J connectivity index is 1.34. The number of alkyl halides is 3. The van der Waals surface area contributed by atoms with Crippen molar-refractivity contribution in [2.24, 2.45) is 0 Å². The van der Waals surface area contributed by atoms with Crippen LogP contribution in [0, 0.1) is 0 Å². The first-order chi connectivity index (χ1) is 19.5. The van der Waals surface area contributed by atoms with Crippen LogP contribution in [-0.4, -0.2) is 16.7 Å². The van der Waals surface area contributed by atoms with E-state index in [4.69, 9.17) is 5.73 Å². The van der Waals surface area contributed by atoms with Gasteiger partial charge in [0.05, 0.1) is 21.8 Å². The average Bonchev–Trinajstić information content (AvgIpc) is 3.60. The lowest BCUT2D eigenvalue weighted by Gasteiger charge is -2.10. The maximum Gasteiger partial charge on any atom is 0.417 e. The minimum absolute atomic E-state index is 0.0254. The van der Waals surface area contributed by atoms with E-state index in [0.29, 0.717) is 22.0 Å². The molecule has 0 aliphatic carbocycles. The average molecular weight is 592 g/mol. The molecule has 5 rings (SSSR count). The summed E-state index contributed by atoms with van der Waals surface area (Å²) in [6.07, 6.45) is -1.48. The van der Waals surface area contributed by atoms with E-state index in [-0.39, 0.29) is 32.3 Å². The molecule has 208 valence electrons. The number of nitrogens with one attached hydrogen (secondary N) is 1. The fourth-order valence-electron chi connectivity index (χ4n) is 4.23. The van der Waals surface area contributed by atoms with Gasteiger partial charge in [-0.25, -0.2) is 4.98 Å². The van der Waals surface area contributed by atoms with Gasteiger partial charge >= 0.3 is 6.18 Å². The van der Waals surface area contributed by atoms with Crippen molar-refractivity contribution in [2.45, 2.75) is 25.9 Å². The Hall–Kier alpha value is -4.28. The van der Waals surface area contributed by atoms with Gasteiger partial charge in [0.25, 0.3) is 5.91 Å². The Labute approximate surface area is 242 Å². The molecule has 5 aromatic rings. The molecule has 3 aromatic heterocycles. The number of anilines is 2. The second kappa shape index (κ2) is 11.3. The van der Waals surface area contributed by atoms with Crippen LogP contribution in [-0.2, 0) is 6.18 Å². The van der Waals surface area contributed by atoms with Crippen molar-refractivity contribution in [2.75, 3.05) is 11.1 Å². The molecular formula is C31H24F3N3O2S2. The number of aromatic nitrogens is 1. The summed E-state index contributed by atoms with van der Waals surface area (Å²) >= 11 is 2.07. The van der Waals surface area contributed by atoms with Gasteiger partial charge in [0.15, 0.2) is 5.78 Å². The van der Waals surface area contributed by atoms with Gasteiger partial charge in [-0.05, 0) is 64.9 Å². The lowest BCUT2D eigenvalue weighted by atomic mass is 10.0. The van der Waals surface area contributed by atoms with Crippen LogP contribution in [0.1, 0.15) is 56.5 Å². The number of rotatable bonds is 7.